The third-order valence-corrected chi connectivity index (χ3v) is 3.36. The number of thiophene rings is 1. The van der Waals surface area contributed by atoms with E-state index in [-0.39, 0.29) is 0 Å². The first-order valence-corrected chi connectivity index (χ1v) is 6.62. The molecule has 0 aromatic carbocycles. The van der Waals surface area contributed by atoms with Crippen molar-refractivity contribution in [1.82, 2.24) is 0 Å². The summed E-state index contributed by atoms with van der Waals surface area (Å²) in [6.45, 7) is 0. The highest BCUT2D eigenvalue weighted by Gasteiger charge is 2.13. The van der Waals surface area contributed by atoms with E-state index in [2.05, 4.69) is 0 Å². The summed E-state index contributed by atoms with van der Waals surface area (Å²) in [6, 6.07) is 1.89. The maximum atomic E-state index is 11.1. The van der Waals surface area contributed by atoms with Crippen molar-refractivity contribution in [3.63, 3.8) is 0 Å². The van der Waals surface area contributed by atoms with E-state index in [1.807, 2.05) is 35.1 Å². The molecular weight excluding hydrogens is 244 g/mol. The van der Waals surface area contributed by atoms with Gasteiger partial charge in [0.1, 0.15) is 0 Å². The Labute approximate surface area is 110 Å². The fraction of sp³-hybridized carbons (Fsp3) is 0.143. The summed E-state index contributed by atoms with van der Waals surface area (Å²) in [5.74, 6) is -0.527. The zero-order chi connectivity index (χ0) is 13.0. The standard InChI is InChI=1S/C14H14N2OS/c15-13(17)8-12(11-6-7-18-9-11)14(16)10-4-2-1-3-5-10/h2,4-9,16H,1,3H2,(H2,15,17)/b12-8-,16-14?. The monoisotopic (exact) mass is 258 g/mol. The molecule has 18 heavy (non-hydrogen) atoms. The van der Waals surface area contributed by atoms with Crippen LogP contribution in [0.15, 0.2) is 46.7 Å². The fourth-order valence-corrected chi connectivity index (χ4v) is 2.47. The maximum Gasteiger partial charge on any atom is 0.242 e. The van der Waals surface area contributed by atoms with Crippen LogP contribution in [0.2, 0.25) is 0 Å². The maximum absolute atomic E-state index is 11.1. The zero-order valence-corrected chi connectivity index (χ0v) is 10.7. The highest BCUT2D eigenvalue weighted by atomic mass is 32.1. The number of hydrogen-bond acceptors (Lipinski definition) is 3. The molecule has 1 aliphatic rings. The molecule has 0 unspecified atom stereocenters. The van der Waals surface area contributed by atoms with Crippen molar-refractivity contribution < 1.29 is 4.79 Å². The average molecular weight is 258 g/mol. The summed E-state index contributed by atoms with van der Waals surface area (Å²) in [6.07, 6.45) is 9.25. The summed E-state index contributed by atoms with van der Waals surface area (Å²) in [4.78, 5) is 11.1. The number of allylic oxidation sites excluding steroid dienone is 5. The number of rotatable bonds is 4. The molecule has 1 aromatic heterocycles. The first-order chi connectivity index (χ1) is 8.68. The van der Waals surface area contributed by atoms with Crippen LogP contribution in [0.4, 0.5) is 0 Å². The number of primary amides is 1. The van der Waals surface area contributed by atoms with E-state index < -0.39 is 5.91 Å². The first kappa shape index (κ1) is 12.5. The Hall–Kier alpha value is -1.94. The Kier molecular flexibility index (Phi) is 3.89. The Balaban J connectivity index is 2.36. The second kappa shape index (κ2) is 5.60. The quantitative estimate of drug-likeness (QED) is 0.633. The molecule has 2 rings (SSSR count). The van der Waals surface area contributed by atoms with Gasteiger partial charge in [-0.2, -0.15) is 11.3 Å². The van der Waals surface area contributed by atoms with Crippen LogP contribution in [0.3, 0.4) is 0 Å². The molecule has 0 bridgehead atoms. The van der Waals surface area contributed by atoms with Crippen LogP contribution in [0.1, 0.15) is 18.4 Å². The van der Waals surface area contributed by atoms with Crippen molar-refractivity contribution in [3.05, 3.63) is 52.3 Å². The molecule has 0 atom stereocenters. The molecule has 1 amide bonds. The third kappa shape index (κ3) is 2.84. The van der Waals surface area contributed by atoms with Gasteiger partial charge in [0.2, 0.25) is 5.91 Å². The zero-order valence-electron chi connectivity index (χ0n) is 9.85. The fourth-order valence-electron chi connectivity index (χ4n) is 1.81. The lowest BCUT2D eigenvalue weighted by Gasteiger charge is -2.11. The smallest absolute Gasteiger partial charge is 0.242 e. The lowest BCUT2D eigenvalue weighted by molar-refractivity contribution is -0.113. The van der Waals surface area contributed by atoms with E-state index in [0.717, 1.165) is 24.0 Å². The predicted octanol–water partition coefficient (Wildman–Crippen LogP) is 2.91. The average Bonchev–Trinajstić information content (AvgIpc) is 2.89. The minimum Gasteiger partial charge on any atom is -0.366 e. The van der Waals surface area contributed by atoms with Gasteiger partial charge >= 0.3 is 0 Å². The van der Waals surface area contributed by atoms with E-state index in [0.29, 0.717) is 11.3 Å². The van der Waals surface area contributed by atoms with Crippen molar-refractivity contribution >= 4 is 28.5 Å². The van der Waals surface area contributed by atoms with E-state index in [9.17, 15) is 4.79 Å². The Morgan fingerprint density at radius 3 is 2.83 bits per heavy atom. The van der Waals surface area contributed by atoms with Crippen LogP contribution in [-0.4, -0.2) is 11.6 Å². The van der Waals surface area contributed by atoms with Crippen molar-refractivity contribution in [3.8, 4) is 0 Å². The number of carbonyl (C=O) groups excluding carboxylic acids is 1. The molecule has 0 spiro atoms. The van der Waals surface area contributed by atoms with Crippen molar-refractivity contribution in [2.24, 2.45) is 5.73 Å². The van der Waals surface area contributed by atoms with Gasteiger partial charge in [-0.05, 0) is 40.8 Å². The van der Waals surface area contributed by atoms with Crippen LogP contribution in [0.5, 0.6) is 0 Å². The molecule has 1 heterocycles. The van der Waals surface area contributed by atoms with E-state index >= 15 is 0 Å². The Bertz CT molecular complexity index is 550. The molecule has 3 N–H and O–H groups in total. The van der Waals surface area contributed by atoms with Gasteiger partial charge in [0.25, 0.3) is 0 Å². The van der Waals surface area contributed by atoms with Gasteiger partial charge in [-0.25, -0.2) is 0 Å². The number of nitrogens with one attached hydrogen (secondary N) is 1. The van der Waals surface area contributed by atoms with Crippen molar-refractivity contribution in [2.45, 2.75) is 12.8 Å². The molecular formula is C14H14N2OS. The number of nitrogens with two attached hydrogens (primary N) is 1. The molecule has 0 saturated carbocycles. The van der Waals surface area contributed by atoms with Gasteiger partial charge in [0.05, 0.1) is 5.71 Å². The summed E-state index contributed by atoms with van der Waals surface area (Å²) in [5, 5.41) is 12.1. The predicted molar refractivity (Wildman–Crippen MR) is 75.7 cm³/mol. The topological polar surface area (TPSA) is 66.9 Å². The van der Waals surface area contributed by atoms with Crippen LogP contribution in [0, 0.1) is 5.41 Å². The highest BCUT2D eigenvalue weighted by molar-refractivity contribution is 7.08. The van der Waals surface area contributed by atoms with Crippen LogP contribution in [-0.2, 0) is 4.79 Å². The second-order valence-corrected chi connectivity index (χ2v) is 4.77. The summed E-state index contributed by atoms with van der Waals surface area (Å²) >= 11 is 1.53. The van der Waals surface area contributed by atoms with Gasteiger partial charge in [0.15, 0.2) is 0 Å². The lowest BCUT2D eigenvalue weighted by Crippen LogP contribution is -2.11. The molecule has 92 valence electrons. The third-order valence-electron chi connectivity index (χ3n) is 2.67. The second-order valence-electron chi connectivity index (χ2n) is 3.99. The minimum atomic E-state index is -0.527. The van der Waals surface area contributed by atoms with Gasteiger partial charge in [0, 0.05) is 11.6 Å². The largest absolute Gasteiger partial charge is 0.366 e. The number of amides is 1. The Morgan fingerprint density at radius 2 is 2.28 bits per heavy atom. The van der Waals surface area contributed by atoms with Gasteiger partial charge in [-0.1, -0.05) is 18.2 Å². The molecule has 0 fully saturated rings. The van der Waals surface area contributed by atoms with Crippen LogP contribution >= 0.6 is 11.3 Å². The molecule has 0 radical (unpaired) electrons. The molecule has 0 aliphatic heterocycles. The van der Waals surface area contributed by atoms with E-state index in [4.69, 9.17) is 11.1 Å². The normalized spacial score (nSPS) is 15.3. The van der Waals surface area contributed by atoms with Gasteiger partial charge < -0.3 is 5.73 Å². The molecule has 1 aliphatic carbocycles. The summed E-state index contributed by atoms with van der Waals surface area (Å²) in [5.41, 5.74) is 7.87. The molecule has 3 nitrogen and oxygen atoms in total. The minimum absolute atomic E-state index is 0.350. The van der Waals surface area contributed by atoms with Crippen LogP contribution < -0.4 is 5.73 Å². The van der Waals surface area contributed by atoms with Crippen molar-refractivity contribution in [1.29, 1.82) is 5.41 Å². The van der Waals surface area contributed by atoms with Crippen molar-refractivity contribution in [2.75, 3.05) is 0 Å². The van der Waals surface area contributed by atoms with E-state index in [1.165, 1.54) is 17.4 Å². The van der Waals surface area contributed by atoms with Crippen LogP contribution in [0.25, 0.3) is 5.57 Å². The van der Waals surface area contributed by atoms with Gasteiger partial charge in [-0.15, -0.1) is 0 Å². The number of carbonyl (C=O) groups is 1. The molecule has 1 aromatic rings. The van der Waals surface area contributed by atoms with Gasteiger partial charge in [-0.3, -0.25) is 10.2 Å². The highest BCUT2D eigenvalue weighted by Crippen LogP contribution is 2.24. The molecule has 0 saturated heterocycles. The van der Waals surface area contributed by atoms with E-state index in [1.54, 1.807) is 0 Å². The SMILES string of the molecule is N=C(C1=CCCC=C1)/C(=C\C(N)=O)c1ccsc1. The summed E-state index contributed by atoms with van der Waals surface area (Å²) < 4.78 is 0. The Morgan fingerprint density at radius 1 is 1.44 bits per heavy atom. The first-order valence-electron chi connectivity index (χ1n) is 5.68. The molecule has 4 heteroatoms. The lowest BCUT2D eigenvalue weighted by atomic mass is 9.94. The summed E-state index contributed by atoms with van der Waals surface area (Å²) in [7, 11) is 0. The number of hydrogen-bond donors (Lipinski definition) is 2.